The molecule has 3 N–H and O–H groups in total. The molecule has 0 aliphatic heterocycles. The summed E-state index contributed by atoms with van der Waals surface area (Å²) < 4.78 is 5.78. The van der Waals surface area contributed by atoms with Crippen LogP contribution in [0.4, 0.5) is 0 Å². The molecule has 1 unspecified atom stereocenters. The molecule has 1 aromatic carbocycles. The van der Waals surface area contributed by atoms with E-state index in [2.05, 4.69) is 23.6 Å². The summed E-state index contributed by atoms with van der Waals surface area (Å²) in [5.41, 5.74) is 5.61. The maximum absolute atomic E-state index is 5.82. The Morgan fingerprint density at radius 1 is 1.24 bits per heavy atom. The molecule has 1 aromatic heterocycles. The molecular formula is C17H22N2OS. The van der Waals surface area contributed by atoms with Crippen LogP contribution in [-0.2, 0) is 12.8 Å². The number of nitrogens with one attached hydrogen (secondary N) is 1. The lowest BCUT2D eigenvalue weighted by molar-refractivity contribution is 0.242. The molecule has 112 valence electrons. The molecule has 4 heteroatoms. The zero-order chi connectivity index (χ0) is 14.8. The summed E-state index contributed by atoms with van der Waals surface area (Å²) in [6.45, 7) is 4.07. The van der Waals surface area contributed by atoms with Crippen molar-refractivity contribution in [2.75, 3.05) is 0 Å². The maximum Gasteiger partial charge on any atom is 0.120 e. The van der Waals surface area contributed by atoms with E-state index >= 15 is 0 Å². The summed E-state index contributed by atoms with van der Waals surface area (Å²) in [7, 11) is 0. The van der Waals surface area contributed by atoms with Gasteiger partial charge >= 0.3 is 0 Å². The third-order valence-corrected chi connectivity index (χ3v) is 5.08. The zero-order valence-corrected chi connectivity index (χ0v) is 13.4. The number of benzene rings is 1. The molecule has 0 fully saturated rings. The third kappa shape index (κ3) is 3.12. The van der Waals surface area contributed by atoms with E-state index in [4.69, 9.17) is 10.6 Å². The van der Waals surface area contributed by atoms with E-state index in [1.165, 1.54) is 34.6 Å². The average molecular weight is 302 g/mol. The summed E-state index contributed by atoms with van der Waals surface area (Å²) in [5, 5.41) is 0. The summed E-state index contributed by atoms with van der Waals surface area (Å²) in [6, 6.07) is 10.5. The van der Waals surface area contributed by atoms with E-state index in [9.17, 15) is 0 Å². The number of ether oxygens (including phenoxy) is 1. The Kier molecular flexibility index (Phi) is 4.29. The first-order valence-corrected chi connectivity index (χ1v) is 8.33. The van der Waals surface area contributed by atoms with Gasteiger partial charge in [0.05, 0.1) is 12.1 Å². The normalized spacial score (nSPS) is 15.2. The first-order chi connectivity index (χ1) is 10.2. The molecule has 2 aromatic rings. The first-order valence-electron chi connectivity index (χ1n) is 7.51. The lowest BCUT2D eigenvalue weighted by Gasteiger charge is -2.17. The van der Waals surface area contributed by atoms with Gasteiger partial charge in [-0.05, 0) is 62.4 Å². The summed E-state index contributed by atoms with van der Waals surface area (Å²) >= 11 is 1.89. The molecule has 0 spiro atoms. The van der Waals surface area contributed by atoms with Crippen molar-refractivity contribution in [3.63, 3.8) is 0 Å². The van der Waals surface area contributed by atoms with E-state index in [0.717, 1.165) is 11.3 Å². The van der Waals surface area contributed by atoms with Gasteiger partial charge in [-0.2, -0.15) is 0 Å². The van der Waals surface area contributed by atoms with Crippen molar-refractivity contribution >= 4 is 11.3 Å². The minimum absolute atomic E-state index is 0.0383. The van der Waals surface area contributed by atoms with Crippen molar-refractivity contribution in [3.8, 4) is 5.75 Å². The molecule has 0 saturated carbocycles. The van der Waals surface area contributed by atoms with Gasteiger partial charge < -0.3 is 4.74 Å². The van der Waals surface area contributed by atoms with Gasteiger partial charge in [0.1, 0.15) is 5.75 Å². The second-order valence-electron chi connectivity index (χ2n) is 5.79. The van der Waals surface area contributed by atoms with Crippen molar-refractivity contribution in [2.24, 2.45) is 5.84 Å². The number of fused-ring (bicyclic) bond motifs is 1. The number of thiophene rings is 1. The number of aryl methyl sites for hydroxylation is 2. The van der Waals surface area contributed by atoms with Crippen molar-refractivity contribution < 1.29 is 4.74 Å². The van der Waals surface area contributed by atoms with Crippen LogP contribution >= 0.6 is 11.3 Å². The Bertz CT molecular complexity index is 600. The molecule has 1 atom stereocenters. The Hall–Kier alpha value is -1.36. The number of hydrogen-bond acceptors (Lipinski definition) is 4. The van der Waals surface area contributed by atoms with Gasteiger partial charge in [-0.1, -0.05) is 12.1 Å². The van der Waals surface area contributed by atoms with Gasteiger partial charge in [-0.15, -0.1) is 11.3 Å². The smallest absolute Gasteiger partial charge is 0.120 e. The average Bonchev–Trinajstić information content (AvgIpc) is 3.00. The van der Waals surface area contributed by atoms with Crippen molar-refractivity contribution in [1.82, 2.24) is 5.43 Å². The van der Waals surface area contributed by atoms with Gasteiger partial charge in [0, 0.05) is 9.75 Å². The maximum atomic E-state index is 5.82. The topological polar surface area (TPSA) is 47.3 Å². The molecule has 0 amide bonds. The molecule has 1 heterocycles. The minimum atomic E-state index is 0.0383. The lowest BCUT2D eigenvalue weighted by atomic mass is 10.0. The highest BCUT2D eigenvalue weighted by Gasteiger charge is 2.21. The molecule has 0 bridgehead atoms. The quantitative estimate of drug-likeness (QED) is 0.655. The third-order valence-electron chi connectivity index (χ3n) is 3.78. The fourth-order valence-electron chi connectivity index (χ4n) is 2.88. The van der Waals surface area contributed by atoms with Crippen LogP contribution in [-0.4, -0.2) is 6.10 Å². The van der Waals surface area contributed by atoms with Gasteiger partial charge in [-0.25, -0.2) is 5.43 Å². The molecule has 0 saturated heterocycles. The van der Waals surface area contributed by atoms with Crippen molar-refractivity contribution in [1.29, 1.82) is 0 Å². The fourth-order valence-corrected chi connectivity index (χ4v) is 4.22. The summed E-state index contributed by atoms with van der Waals surface area (Å²) in [6.07, 6.45) is 3.89. The first kappa shape index (κ1) is 14.6. The van der Waals surface area contributed by atoms with Crippen LogP contribution in [0.3, 0.4) is 0 Å². The predicted molar refractivity (Wildman–Crippen MR) is 87.7 cm³/mol. The van der Waals surface area contributed by atoms with Crippen LogP contribution in [0, 0.1) is 0 Å². The van der Waals surface area contributed by atoms with Crippen LogP contribution in [0.15, 0.2) is 30.3 Å². The second-order valence-corrected chi connectivity index (χ2v) is 6.96. The Morgan fingerprint density at radius 3 is 2.81 bits per heavy atom. The highest BCUT2D eigenvalue weighted by molar-refractivity contribution is 7.12. The number of nitrogens with two attached hydrogens (primary N) is 1. The van der Waals surface area contributed by atoms with Crippen LogP contribution < -0.4 is 16.0 Å². The van der Waals surface area contributed by atoms with E-state index < -0.39 is 0 Å². The van der Waals surface area contributed by atoms with E-state index in [1.807, 2.05) is 37.3 Å². The Labute approximate surface area is 130 Å². The van der Waals surface area contributed by atoms with Gasteiger partial charge in [0.2, 0.25) is 0 Å². The number of hydrazine groups is 1. The van der Waals surface area contributed by atoms with Crippen LogP contribution in [0.1, 0.15) is 47.2 Å². The summed E-state index contributed by atoms with van der Waals surface area (Å²) in [4.78, 5) is 2.82. The molecule has 0 radical (unpaired) electrons. The lowest BCUT2D eigenvalue weighted by Crippen LogP contribution is -2.28. The molecule has 3 rings (SSSR count). The Balaban J connectivity index is 1.88. The van der Waals surface area contributed by atoms with Gasteiger partial charge in [0.15, 0.2) is 0 Å². The SMILES string of the molecule is CC(C)Oc1cccc(C(NN)c2cc3c(s2)CCC3)c1. The Morgan fingerprint density at radius 2 is 2.10 bits per heavy atom. The van der Waals surface area contributed by atoms with E-state index in [-0.39, 0.29) is 12.1 Å². The number of hydrogen-bond donors (Lipinski definition) is 2. The van der Waals surface area contributed by atoms with Crippen molar-refractivity contribution in [3.05, 3.63) is 51.2 Å². The molecule has 3 nitrogen and oxygen atoms in total. The van der Waals surface area contributed by atoms with Gasteiger partial charge in [-0.3, -0.25) is 5.84 Å². The van der Waals surface area contributed by atoms with E-state index in [1.54, 1.807) is 0 Å². The van der Waals surface area contributed by atoms with Crippen LogP contribution in [0.5, 0.6) is 5.75 Å². The highest BCUT2D eigenvalue weighted by Crippen LogP contribution is 2.36. The summed E-state index contributed by atoms with van der Waals surface area (Å²) in [5.74, 6) is 6.72. The van der Waals surface area contributed by atoms with E-state index in [0.29, 0.717) is 0 Å². The van der Waals surface area contributed by atoms with Gasteiger partial charge in [0.25, 0.3) is 0 Å². The van der Waals surface area contributed by atoms with Crippen LogP contribution in [0.25, 0.3) is 0 Å². The molecule has 21 heavy (non-hydrogen) atoms. The minimum Gasteiger partial charge on any atom is -0.491 e. The molecular weight excluding hydrogens is 280 g/mol. The second kappa shape index (κ2) is 6.18. The van der Waals surface area contributed by atoms with Crippen LogP contribution in [0.2, 0.25) is 0 Å². The fraction of sp³-hybridized carbons (Fsp3) is 0.412. The number of rotatable bonds is 5. The monoisotopic (exact) mass is 302 g/mol. The van der Waals surface area contributed by atoms with Crippen molar-refractivity contribution in [2.45, 2.75) is 45.3 Å². The predicted octanol–water partition coefficient (Wildman–Crippen LogP) is 3.58. The zero-order valence-electron chi connectivity index (χ0n) is 12.6. The standard InChI is InChI=1S/C17H22N2OS/c1-11(2)20-14-7-3-6-13(9-14)17(19-18)16-10-12-5-4-8-15(12)21-16/h3,6-7,9-11,17,19H,4-5,8,18H2,1-2H3. The highest BCUT2D eigenvalue weighted by atomic mass is 32.1. The molecule has 1 aliphatic carbocycles. The largest absolute Gasteiger partial charge is 0.491 e. The molecule has 1 aliphatic rings.